The normalized spacial score (nSPS) is 11.8. The lowest BCUT2D eigenvalue weighted by molar-refractivity contribution is -0.119. The zero-order valence-corrected chi connectivity index (χ0v) is 13.5. The molecule has 8 nitrogen and oxygen atoms in total. The summed E-state index contributed by atoms with van der Waals surface area (Å²) in [6.45, 7) is 1.78. The highest BCUT2D eigenvalue weighted by Gasteiger charge is 2.20. The maximum absolute atomic E-state index is 11.7. The Morgan fingerprint density at radius 2 is 2.14 bits per heavy atom. The molecule has 0 bridgehead atoms. The number of nitrogens with zero attached hydrogens (tertiary/aromatic N) is 4. The Bertz CT molecular complexity index is 661. The highest BCUT2D eigenvalue weighted by Crippen LogP contribution is 2.30. The molecule has 0 saturated heterocycles. The van der Waals surface area contributed by atoms with Gasteiger partial charge >= 0.3 is 0 Å². The van der Waals surface area contributed by atoms with E-state index in [1.165, 1.54) is 16.4 Å². The van der Waals surface area contributed by atoms with E-state index >= 15 is 0 Å². The van der Waals surface area contributed by atoms with Crippen molar-refractivity contribution in [3.05, 3.63) is 18.2 Å². The summed E-state index contributed by atoms with van der Waals surface area (Å²) in [7, 11) is 4.73. The number of tetrazole rings is 1. The predicted molar refractivity (Wildman–Crippen MR) is 81.6 cm³/mol. The van der Waals surface area contributed by atoms with Crippen LogP contribution in [0.15, 0.2) is 23.4 Å². The molecule has 0 aliphatic heterocycles. The summed E-state index contributed by atoms with van der Waals surface area (Å²) in [5.74, 6) is 1.15. The fourth-order valence-corrected chi connectivity index (χ4v) is 2.64. The lowest BCUT2D eigenvalue weighted by atomic mass is 10.3. The van der Waals surface area contributed by atoms with E-state index in [9.17, 15) is 4.79 Å². The molecule has 118 valence electrons. The van der Waals surface area contributed by atoms with Gasteiger partial charge in [0.2, 0.25) is 11.1 Å². The van der Waals surface area contributed by atoms with Crippen molar-refractivity contribution in [3.8, 4) is 17.2 Å². The zero-order valence-electron chi connectivity index (χ0n) is 12.7. The van der Waals surface area contributed by atoms with Gasteiger partial charge in [-0.3, -0.25) is 4.79 Å². The SMILES string of the molecule is CNC(=O)[C@H](C)Sc1nnnn1-c1cc(OC)ccc1OC. The molecule has 1 aromatic heterocycles. The number of nitrogens with one attached hydrogen (secondary N) is 1. The summed E-state index contributed by atoms with van der Waals surface area (Å²) in [5.41, 5.74) is 0.637. The Hall–Kier alpha value is -2.29. The van der Waals surface area contributed by atoms with Gasteiger partial charge in [0.1, 0.15) is 17.2 Å². The first-order valence-corrected chi connectivity index (χ1v) is 7.37. The Balaban J connectivity index is 2.38. The molecule has 1 atom stereocenters. The van der Waals surface area contributed by atoms with Gasteiger partial charge in [0.15, 0.2) is 0 Å². The molecule has 0 radical (unpaired) electrons. The molecule has 22 heavy (non-hydrogen) atoms. The van der Waals surface area contributed by atoms with Crippen molar-refractivity contribution in [2.45, 2.75) is 17.3 Å². The van der Waals surface area contributed by atoms with Gasteiger partial charge in [0, 0.05) is 13.1 Å². The summed E-state index contributed by atoms with van der Waals surface area (Å²) in [6.07, 6.45) is 0. The number of carbonyl (C=O) groups excluding carboxylic acids is 1. The van der Waals surface area contributed by atoms with Crippen molar-refractivity contribution in [1.29, 1.82) is 0 Å². The van der Waals surface area contributed by atoms with Gasteiger partial charge in [-0.05, 0) is 29.5 Å². The molecule has 0 saturated carbocycles. The number of methoxy groups -OCH3 is 2. The van der Waals surface area contributed by atoms with Gasteiger partial charge in [0.05, 0.1) is 19.5 Å². The van der Waals surface area contributed by atoms with Gasteiger partial charge in [0.25, 0.3) is 0 Å². The van der Waals surface area contributed by atoms with Crippen molar-refractivity contribution >= 4 is 17.7 Å². The van der Waals surface area contributed by atoms with Crippen molar-refractivity contribution < 1.29 is 14.3 Å². The molecule has 0 aliphatic rings. The monoisotopic (exact) mass is 323 g/mol. The van der Waals surface area contributed by atoms with Crippen molar-refractivity contribution in [1.82, 2.24) is 25.5 Å². The van der Waals surface area contributed by atoms with E-state index in [2.05, 4.69) is 20.8 Å². The number of benzene rings is 1. The van der Waals surface area contributed by atoms with Gasteiger partial charge in [-0.15, -0.1) is 5.10 Å². The maximum atomic E-state index is 11.7. The van der Waals surface area contributed by atoms with Gasteiger partial charge in [-0.2, -0.15) is 4.68 Å². The summed E-state index contributed by atoms with van der Waals surface area (Å²) in [6, 6.07) is 5.32. The fourth-order valence-electron chi connectivity index (χ4n) is 1.78. The maximum Gasteiger partial charge on any atom is 0.233 e. The van der Waals surface area contributed by atoms with E-state index in [0.29, 0.717) is 22.3 Å². The molecule has 1 aromatic carbocycles. The predicted octanol–water partition coefficient (Wildman–Crippen LogP) is 0.906. The van der Waals surface area contributed by atoms with Crippen LogP contribution in [0.4, 0.5) is 0 Å². The molecule has 0 spiro atoms. The molecular formula is C13H17N5O3S. The number of aromatic nitrogens is 4. The summed E-state index contributed by atoms with van der Waals surface area (Å²) in [4.78, 5) is 11.7. The van der Waals surface area contributed by atoms with Crippen LogP contribution in [0.25, 0.3) is 5.69 Å². The Kier molecular flexibility index (Phi) is 5.21. The van der Waals surface area contributed by atoms with E-state index in [1.807, 2.05) is 0 Å². The third-order valence-electron chi connectivity index (χ3n) is 2.95. The minimum atomic E-state index is -0.327. The minimum Gasteiger partial charge on any atom is -0.497 e. The number of thioether (sulfide) groups is 1. The number of carbonyl (C=O) groups is 1. The lowest BCUT2D eigenvalue weighted by Gasteiger charge is -2.12. The van der Waals surface area contributed by atoms with E-state index < -0.39 is 0 Å². The first kappa shape index (κ1) is 16.1. The summed E-state index contributed by atoms with van der Waals surface area (Å²) in [5, 5.41) is 14.4. The third kappa shape index (κ3) is 3.30. The van der Waals surface area contributed by atoms with Crippen LogP contribution in [0.1, 0.15) is 6.92 Å². The largest absolute Gasteiger partial charge is 0.497 e. The molecule has 2 aromatic rings. The Labute approximate surface area is 132 Å². The van der Waals surface area contributed by atoms with Crippen molar-refractivity contribution in [3.63, 3.8) is 0 Å². The van der Waals surface area contributed by atoms with Gasteiger partial charge in [-0.1, -0.05) is 11.8 Å². The van der Waals surface area contributed by atoms with E-state index in [-0.39, 0.29) is 11.2 Å². The van der Waals surface area contributed by atoms with Crippen LogP contribution in [0, 0.1) is 0 Å². The quantitative estimate of drug-likeness (QED) is 0.790. The second-order valence-electron chi connectivity index (χ2n) is 4.29. The number of hydrogen-bond donors (Lipinski definition) is 1. The average molecular weight is 323 g/mol. The molecule has 9 heteroatoms. The Morgan fingerprint density at radius 3 is 2.77 bits per heavy atom. The zero-order chi connectivity index (χ0) is 16.1. The van der Waals surface area contributed by atoms with Crippen LogP contribution in [-0.2, 0) is 4.79 Å². The molecule has 2 rings (SSSR count). The smallest absolute Gasteiger partial charge is 0.233 e. The second kappa shape index (κ2) is 7.12. The Morgan fingerprint density at radius 1 is 1.36 bits per heavy atom. The fraction of sp³-hybridized carbons (Fsp3) is 0.385. The van der Waals surface area contributed by atoms with Crippen LogP contribution in [-0.4, -0.2) is 52.6 Å². The molecule has 0 aliphatic carbocycles. The topological polar surface area (TPSA) is 91.2 Å². The molecule has 0 unspecified atom stereocenters. The number of rotatable bonds is 6. The minimum absolute atomic E-state index is 0.0999. The molecule has 1 N–H and O–H groups in total. The summed E-state index contributed by atoms with van der Waals surface area (Å²) >= 11 is 1.26. The number of amides is 1. The van der Waals surface area contributed by atoms with Crippen LogP contribution >= 0.6 is 11.8 Å². The van der Waals surface area contributed by atoms with Crippen LogP contribution in [0.2, 0.25) is 0 Å². The highest BCUT2D eigenvalue weighted by atomic mass is 32.2. The third-order valence-corrected chi connectivity index (χ3v) is 3.99. The second-order valence-corrected chi connectivity index (χ2v) is 5.59. The van der Waals surface area contributed by atoms with Crippen LogP contribution < -0.4 is 14.8 Å². The highest BCUT2D eigenvalue weighted by molar-refractivity contribution is 8.00. The van der Waals surface area contributed by atoms with Crippen molar-refractivity contribution in [2.75, 3.05) is 21.3 Å². The average Bonchev–Trinajstić information content (AvgIpc) is 3.01. The molecule has 0 fully saturated rings. The number of ether oxygens (including phenoxy) is 2. The van der Waals surface area contributed by atoms with Gasteiger partial charge < -0.3 is 14.8 Å². The standard InChI is InChI=1S/C13H17N5O3S/c1-8(12(19)14-2)22-13-15-16-17-18(13)10-7-9(20-3)5-6-11(10)21-4/h5-8H,1-4H3,(H,14,19)/t8-/m0/s1. The van der Waals surface area contributed by atoms with Gasteiger partial charge in [-0.25, -0.2) is 0 Å². The lowest BCUT2D eigenvalue weighted by Crippen LogP contribution is -2.27. The number of hydrogen-bond acceptors (Lipinski definition) is 7. The molecule has 1 heterocycles. The van der Waals surface area contributed by atoms with E-state index in [4.69, 9.17) is 9.47 Å². The van der Waals surface area contributed by atoms with Crippen LogP contribution in [0.3, 0.4) is 0 Å². The first-order chi connectivity index (χ1) is 10.6. The van der Waals surface area contributed by atoms with E-state index in [0.717, 1.165) is 0 Å². The summed E-state index contributed by atoms with van der Waals surface area (Å²) < 4.78 is 12.1. The van der Waals surface area contributed by atoms with E-state index in [1.54, 1.807) is 46.4 Å². The van der Waals surface area contributed by atoms with Crippen LogP contribution in [0.5, 0.6) is 11.5 Å². The van der Waals surface area contributed by atoms with Crippen molar-refractivity contribution in [2.24, 2.45) is 0 Å². The molecular weight excluding hydrogens is 306 g/mol. The first-order valence-electron chi connectivity index (χ1n) is 6.49. The molecule has 1 amide bonds.